The standard InChI is InChI=1S/C14H16N2O4S/c1-2-15(8-14(19)20)12(17)7-16-10-5-3-4-6-11(10)21-9-13(16)18/h3-6H,2,7-9H2,1H3,(H,19,20). The third-order valence-electron chi connectivity index (χ3n) is 3.16. The molecule has 0 saturated carbocycles. The number of amides is 2. The van der Waals surface area contributed by atoms with Gasteiger partial charge in [-0.3, -0.25) is 14.4 Å². The molecule has 2 amide bonds. The molecule has 112 valence electrons. The van der Waals surface area contributed by atoms with E-state index in [1.807, 2.05) is 18.2 Å². The summed E-state index contributed by atoms with van der Waals surface area (Å²) in [5.41, 5.74) is 0.707. The van der Waals surface area contributed by atoms with Crippen LogP contribution in [0.1, 0.15) is 6.92 Å². The zero-order valence-corrected chi connectivity index (χ0v) is 12.4. The van der Waals surface area contributed by atoms with Gasteiger partial charge in [-0.2, -0.15) is 0 Å². The molecule has 21 heavy (non-hydrogen) atoms. The van der Waals surface area contributed by atoms with Crippen molar-refractivity contribution < 1.29 is 19.5 Å². The lowest BCUT2D eigenvalue weighted by molar-refractivity contribution is -0.143. The Balaban J connectivity index is 2.16. The number of hydrogen-bond donors (Lipinski definition) is 1. The van der Waals surface area contributed by atoms with Crippen LogP contribution in [0.5, 0.6) is 0 Å². The zero-order chi connectivity index (χ0) is 15.4. The fraction of sp³-hybridized carbons (Fsp3) is 0.357. The van der Waals surface area contributed by atoms with Gasteiger partial charge < -0.3 is 14.9 Å². The topological polar surface area (TPSA) is 77.9 Å². The summed E-state index contributed by atoms with van der Waals surface area (Å²) in [6.07, 6.45) is 0. The second kappa shape index (κ2) is 6.62. The number of carbonyl (C=O) groups excluding carboxylic acids is 2. The minimum atomic E-state index is -1.06. The summed E-state index contributed by atoms with van der Waals surface area (Å²) >= 11 is 1.44. The molecular formula is C14H16N2O4S. The highest BCUT2D eigenvalue weighted by Gasteiger charge is 2.28. The van der Waals surface area contributed by atoms with Crippen molar-refractivity contribution in [3.05, 3.63) is 24.3 Å². The van der Waals surface area contributed by atoms with Gasteiger partial charge in [-0.05, 0) is 19.1 Å². The first-order chi connectivity index (χ1) is 10.0. The van der Waals surface area contributed by atoms with Gasteiger partial charge >= 0.3 is 5.97 Å². The van der Waals surface area contributed by atoms with Crippen LogP contribution >= 0.6 is 11.8 Å². The molecule has 1 aromatic carbocycles. The number of fused-ring (bicyclic) bond motifs is 1. The van der Waals surface area contributed by atoms with Crippen molar-refractivity contribution in [3.8, 4) is 0 Å². The molecule has 0 aromatic heterocycles. The molecule has 0 aliphatic carbocycles. The quantitative estimate of drug-likeness (QED) is 0.880. The Morgan fingerprint density at radius 3 is 2.76 bits per heavy atom. The van der Waals surface area contributed by atoms with E-state index in [9.17, 15) is 14.4 Å². The van der Waals surface area contributed by atoms with Crippen LogP contribution in [0.3, 0.4) is 0 Å². The van der Waals surface area contributed by atoms with Gasteiger partial charge in [0, 0.05) is 11.4 Å². The van der Waals surface area contributed by atoms with Crippen molar-refractivity contribution in [1.29, 1.82) is 0 Å². The molecule has 0 spiro atoms. The van der Waals surface area contributed by atoms with E-state index < -0.39 is 5.97 Å². The SMILES string of the molecule is CCN(CC(=O)O)C(=O)CN1C(=O)CSc2ccccc21. The number of carboxylic acid groups (broad SMARTS) is 1. The monoisotopic (exact) mass is 308 g/mol. The molecule has 0 saturated heterocycles. The summed E-state index contributed by atoms with van der Waals surface area (Å²) in [4.78, 5) is 38.6. The maximum atomic E-state index is 12.2. The first-order valence-corrected chi connectivity index (χ1v) is 7.53. The van der Waals surface area contributed by atoms with E-state index in [-0.39, 0.29) is 30.7 Å². The Labute approximate surface area is 126 Å². The average molecular weight is 308 g/mol. The highest BCUT2D eigenvalue weighted by molar-refractivity contribution is 8.00. The van der Waals surface area contributed by atoms with Gasteiger partial charge in [0.05, 0.1) is 11.4 Å². The number of rotatable bonds is 5. The number of thioether (sulfide) groups is 1. The van der Waals surface area contributed by atoms with E-state index in [2.05, 4.69) is 0 Å². The van der Waals surface area contributed by atoms with Crippen LogP contribution in [0.15, 0.2) is 29.2 Å². The minimum absolute atomic E-state index is 0.127. The molecule has 0 fully saturated rings. The van der Waals surface area contributed by atoms with Gasteiger partial charge in [-0.1, -0.05) is 12.1 Å². The molecule has 6 nitrogen and oxygen atoms in total. The molecule has 0 bridgehead atoms. The molecule has 1 aliphatic heterocycles. The Bertz CT molecular complexity index is 576. The van der Waals surface area contributed by atoms with E-state index in [0.29, 0.717) is 12.2 Å². The van der Waals surface area contributed by atoms with Gasteiger partial charge in [-0.15, -0.1) is 11.8 Å². The molecule has 1 aliphatic rings. The number of hydrogen-bond acceptors (Lipinski definition) is 4. The number of likely N-dealkylation sites (N-methyl/N-ethyl adjacent to an activating group) is 1. The number of carbonyl (C=O) groups is 3. The maximum Gasteiger partial charge on any atom is 0.323 e. The Morgan fingerprint density at radius 1 is 1.38 bits per heavy atom. The lowest BCUT2D eigenvalue weighted by Gasteiger charge is -2.30. The summed E-state index contributed by atoms with van der Waals surface area (Å²) in [6, 6.07) is 7.38. The van der Waals surface area contributed by atoms with Crippen LogP contribution < -0.4 is 4.90 Å². The molecular weight excluding hydrogens is 292 g/mol. The van der Waals surface area contributed by atoms with E-state index in [1.54, 1.807) is 13.0 Å². The number of nitrogens with zero attached hydrogens (tertiary/aromatic N) is 2. The molecule has 1 N–H and O–H groups in total. The first-order valence-electron chi connectivity index (χ1n) is 6.54. The fourth-order valence-electron chi connectivity index (χ4n) is 2.10. The number of para-hydroxylation sites is 1. The highest BCUT2D eigenvalue weighted by atomic mass is 32.2. The molecule has 0 unspecified atom stereocenters. The highest BCUT2D eigenvalue weighted by Crippen LogP contribution is 2.34. The summed E-state index contributed by atoms with van der Waals surface area (Å²) in [6.45, 7) is 1.53. The van der Waals surface area contributed by atoms with Gasteiger partial charge in [-0.25, -0.2) is 0 Å². The predicted octanol–water partition coefficient (Wildman–Crippen LogP) is 1.06. The maximum absolute atomic E-state index is 12.2. The van der Waals surface area contributed by atoms with Crippen molar-refractivity contribution in [3.63, 3.8) is 0 Å². The van der Waals surface area contributed by atoms with Gasteiger partial charge in [0.2, 0.25) is 11.8 Å². The zero-order valence-electron chi connectivity index (χ0n) is 11.6. The normalized spacial score (nSPS) is 13.8. The van der Waals surface area contributed by atoms with Crippen LogP contribution in [-0.4, -0.2) is 53.2 Å². The summed E-state index contributed by atoms with van der Waals surface area (Å²) < 4.78 is 0. The number of benzene rings is 1. The van der Waals surface area contributed by atoms with E-state index in [0.717, 1.165) is 4.90 Å². The lowest BCUT2D eigenvalue weighted by atomic mass is 10.2. The lowest BCUT2D eigenvalue weighted by Crippen LogP contribution is -2.46. The predicted molar refractivity (Wildman–Crippen MR) is 79.4 cm³/mol. The van der Waals surface area contributed by atoms with Crippen molar-refractivity contribution in [1.82, 2.24) is 4.90 Å². The van der Waals surface area contributed by atoms with Gasteiger partial charge in [0.1, 0.15) is 13.1 Å². The first kappa shape index (κ1) is 15.4. The molecule has 2 rings (SSSR count). The molecule has 0 atom stereocenters. The molecule has 1 heterocycles. The number of aliphatic carboxylic acids is 1. The van der Waals surface area contributed by atoms with Gasteiger partial charge in [0.15, 0.2) is 0 Å². The van der Waals surface area contributed by atoms with E-state index in [4.69, 9.17) is 5.11 Å². The molecule has 0 radical (unpaired) electrons. The van der Waals surface area contributed by atoms with E-state index in [1.165, 1.54) is 21.6 Å². The van der Waals surface area contributed by atoms with Gasteiger partial charge in [0.25, 0.3) is 0 Å². The number of carboxylic acids is 1. The van der Waals surface area contributed by atoms with E-state index >= 15 is 0 Å². The third-order valence-corrected chi connectivity index (χ3v) is 4.21. The van der Waals surface area contributed by atoms with Crippen molar-refractivity contribution in [2.75, 3.05) is 30.3 Å². The average Bonchev–Trinajstić information content (AvgIpc) is 2.47. The second-order valence-electron chi connectivity index (χ2n) is 4.54. The largest absolute Gasteiger partial charge is 0.480 e. The van der Waals surface area contributed by atoms with Crippen molar-refractivity contribution >= 4 is 35.2 Å². The van der Waals surface area contributed by atoms with Crippen molar-refractivity contribution in [2.24, 2.45) is 0 Å². The number of anilines is 1. The molecule has 7 heteroatoms. The second-order valence-corrected chi connectivity index (χ2v) is 5.56. The Hall–Kier alpha value is -2.02. The smallest absolute Gasteiger partial charge is 0.323 e. The molecule has 1 aromatic rings. The fourth-order valence-corrected chi connectivity index (χ4v) is 3.04. The summed E-state index contributed by atoms with van der Waals surface area (Å²) in [7, 11) is 0. The minimum Gasteiger partial charge on any atom is -0.480 e. The third kappa shape index (κ3) is 3.55. The van der Waals surface area contributed by atoms with Crippen LogP contribution in [0, 0.1) is 0 Å². The van der Waals surface area contributed by atoms with Crippen LogP contribution in [0.4, 0.5) is 5.69 Å². The van der Waals surface area contributed by atoms with Crippen molar-refractivity contribution in [2.45, 2.75) is 11.8 Å². The Kier molecular flexibility index (Phi) is 4.85. The Morgan fingerprint density at radius 2 is 2.10 bits per heavy atom. The van der Waals surface area contributed by atoms with Crippen LogP contribution in [0.2, 0.25) is 0 Å². The van der Waals surface area contributed by atoms with Crippen LogP contribution in [0.25, 0.3) is 0 Å². The summed E-state index contributed by atoms with van der Waals surface area (Å²) in [5, 5.41) is 8.80. The van der Waals surface area contributed by atoms with Crippen LogP contribution in [-0.2, 0) is 14.4 Å². The summed E-state index contributed by atoms with van der Waals surface area (Å²) in [5.74, 6) is -1.28.